The van der Waals surface area contributed by atoms with E-state index in [9.17, 15) is 4.79 Å². The molecular formula is C24H26N4O3. The topological polar surface area (TPSA) is 67.8 Å². The molecule has 31 heavy (non-hydrogen) atoms. The Balaban J connectivity index is 1.41. The van der Waals surface area contributed by atoms with Gasteiger partial charge < -0.3 is 19.3 Å². The highest BCUT2D eigenvalue weighted by atomic mass is 16.5. The van der Waals surface area contributed by atoms with E-state index in [4.69, 9.17) is 9.47 Å². The first kappa shape index (κ1) is 19.6. The summed E-state index contributed by atoms with van der Waals surface area (Å²) in [5.74, 6) is 1.22. The lowest BCUT2D eigenvalue weighted by Gasteiger charge is -2.58. The highest BCUT2D eigenvalue weighted by Crippen LogP contribution is 2.43. The van der Waals surface area contributed by atoms with Gasteiger partial charge >= 0.3 is 0 Å². The van der Waals surface area contributed by atoms with E-state index in [1.165, 1.54) is 0 Å². The van der Waals surface area contributed by atoms with Gasteiger partial charge in [-0.15, -0.1) is 0 Å². The second-order valence-corrected chi connectivity index (χ2v) is 8.25. The van der Waals surface area contributed by atoms with Gasteiger partial charge in [0.05, 0.1) is 36.4 Å². The van der Waals surface area contributed by atoms with Crippen LogP contribution in [0.2, 0.25) is 0 Å². The van der Waals surface area contributed by atoms with Crippen molar-refractivity contribution < 1.29 is 14.3 Å². The molecule has 2 aliphatic rings. The molecule has 1 amide bonds. The van der Waals surface area contributed by atoms with Gasteiger partial charge in [-0.3, -0.25) is 14.8 Å². The van der Waals surface area contributed by atoms with Crippen LogP contribution in [0.1, 0.15) is 29.6 Å². The summed E-state index contributed by atoms with van der Waals surface area (Å²) in [6, 6.07) is 11.6. The zero-order valence-electron chi connectivity index (χ0n) is 17.9. The molecule has 7 heteroatoms. The zero-order chi connectivity index (χ0) is 21.4. The lowest BCUT2D eigenvalue weighted by atomic mass is 9.77. The number of hydrogen-bond acceptors (Lipinski definition) is 6. The normalized spacial score (nSPS) is 20.6. The van der Waals surface area contributed by atoms with Crippen molar-refractivity contribution in [2.75, 3.05) is 38.8 Å². The fourth-order valence-electron chi connectivity index (χ4n) is 4.92. The SMILES string of the molecule is COc1ccc(OC)c(C(=O)N2CCCC3(CCN3c3ccc4nccnc4c3)C2)c1. The highest BCUT2D eigenvalue weighted by Gasteiger charge is 2.48. The van der Waals surface area contributed by atoms with E-state index in [0.717, 1.165) is 49.1 Å². The van der Waals surface area contributed by atoms with Crippen LogP contribution in [0, 0.1) is 0 Å². The molecule has 0 saturated carbocycles. The number of anilines is 1. The quantitative estimate of drug-likeness (QED) is 0.646. The van der Waals surface area contributed by atoms with Gasteiger partial charge in [-0.1, -0.05) is 0 Å². The van der Waals surface area contributed by atoms with Gasteiger partial charge in [0, 0.05) is 37.7 Å². The van der Waals surface area contributed by atoms with Crippen molar-refractivity contribution in [2.24, 2.45) is 0 Å². The molecule has 3 heterocycles. The van der Waals surface area contributed by atoms with E-state index < -0.39 is 0 Å². The van der Waals surface area contributed by atoms with Crippen LogP contribution in [0.5, 0.6) is 11.5 Å². The fourth-order valence-corrected chi connectivity index (χ4v) is 4.92. The minimum absolute atomic E-state index is 0.00828. The number of fused-ring (bicyclic) bond motifs is 1. The van der Waals surface area contributed by atoms with Crippen molar-refractivity contribution in [3.05, 3.63) is 54.4 Å². The number of carbonyl (C=O) groups is 1. The molecule has 2 fully saturated rings. The van der Waals surface area contributed by atoms with E-state index >= 15 is 0 Å². The molecule has 5 rings (SSSR count). The molecule has 1 atom stereocenters. The molecule has 1 unspecified atom stereocenters. The van der Waals surface area contributed by atoms with Crippen molar-refractivity contribution in [1.82, 2.24) is 14.9 Å². The van der Waals surface area contributed by atoms with E-state index in [-0.39, 0.29) is 11.4 Å². The molecule has 2 aliphatic heterocycles. The minimum Gasteiger partial charge on any atom is -0.497 e. The molecule has 0 bridgehead atoms. The number of methoxy groups -OCH3 is 2. The number of carbonyl (C=O) groups excluding carboxylic acids is 1. The first-order valence-electron chi connectivity index (χ1n) is 10.6. The van der Waals surface area contributed by atoms with Crippen LogP contribution < -0.4 is 14.4 Å². The van der Waals surface area contributed by atoms with E-state index in [0.29, 0.717) is 23.6 Å². The first-order chi connectivity index (χ1) is 15.1. The van der Waals surface area contributed by atoms with Crippen LogP contribution in [0.25, 0.3) is 11.0 Å². The summed E-state index contributed by atoms with van der Waals surface area (Å²) in [4.78, 5) is 26.7. The Morgan fingerprint density at radius 2 is 1.81 bits per heavy atom. The minimum atomic E-state index is -0.0318. The highest BCUT2D eigenvalue weighted by molar-refractivity contribution is 5.97. The zero-order valence-corrected chi connectivity index (χ0v) is 17.9. The predicted octanol–water partition coefficient (Wildman–Crippen LogP) is 3.53. The van der Waals surface area contributed by atoms with E-state index in [1.54, 1.807) is 38.7 Å². The molecule has 2 saturated heterocycles. The smallest absolute Gasteiger partial charge is 0.257 e. The van der Waals surface area contributed by atoms with Crippen LogP contribution in [-0.2, 0) is 0 Å². The Hall–Kier alpha value is -3.35. The van der Waals surface area contributed by atoms with Crippen molar-refractivity contribution in [3.63, 3.8) is 0 Å². The summed E-state index contributed by atoms with van der Waals surface area (Å²) >= 11 is 0. The number of nitrogens with zero attached hydrogens (tertiary/aromatic N) is 4. The van der Waals surface area contributed by atoms with Gasteiger partial charge in [-0.05, 0) is 55.7 Å². The van der Waals surface area contributed by atoms with E-state index in [2.05, 4.69) is 27.0 Å². The molecule has 1 aromatic heterocycles. The standard InChI is InChI=1S/C24H26N4O3/c1-30-18-5-7-22(31-2)19(15-18)23(29)27-12-3-8-24(16-27)9-13-28(24)17-4-6-20-21(14-17)26-11-10-25-20/h4-7,10-11,14-15H,3,8-9,12-13,16H2,1-2H3. The van der Waals surface area contributed by atoms with Crippen LogP contribution in [0.3, 0.4) is 0 Å². The van der Waals surface area contributed by atoms with Crippen LogP contribution in [-0.4, -0.2) is 60.2 Å². The van der Waals surface area contributed by atoms with Crippen LogP contribution in [0.15, 0.2) is 48.8 Å². The van der Waals surface area contributed by atoms with Crippen molar-refractivity contribution >= 4 is 22.6 Å². The Bertz CT molecular complexity index is 1130. The Kier molecular flexibility index (Phi) is 4.88. The van der Waals surface area contributed by atoms with Gasteiger partial charge in [-0.25, -0.2) is 0 Å². The molecule has 2 aromatic carbocycles. The third-order valence-electron chi connectivity index (χ3n) is 6.62. The molecule has 7 nitrogen and oxygen atoms in total. The van der Waals surface area contributed by atoms with Crippen molar-refractivity contribution in [2.45, 2.75) is 24.8 Å². The summed E-state index contributed by atoms with van der Waals surface area (Å²) in [6.45, 7) is 2.43. The maximum atomic E-state index is 13.4. The van der Waals surface area contributed by atoms with Gasteiger partial charge in [-0.2, -0.15) is 0 Å². The summed E-state index contributed by atoms with van der Waals surface area (Å²) in [6.07, 6.45) is 6.56. The number of aromatic nitrogens is 2. The molecule has 1 spiro atoms. The summed E-state index contributed by atoms with van der Waals surface area (Å²) < 4.78 is 10.8. The lowest BCUT2D eigenvalue weighted by Crippen LogP contribution is -2.68. The summed E-state index contributed by atoms with van der Waals surface area (Å²) in [7, 11) is 3.19. The summed E-state index contributed by atoms with van der Waals surface area (Å²) in [5, 5.41) is 0. The largest absolute Gasteiger partial charge is 0.497 e. The summed E-state index contributed by atoms with van der Waals surface area (Å²) in [5.41, 5.74) is 3.45. The third-order valence-corrected chi connectivity index (χ3v) is 6.62. The second kappa shape index (κ2) is 7.72. The maximum absolute atomic E-state index is 13.4. The number of hydrogen-bond donors (Lipinski definition) is 0. The number of amides is 1. The number of rotatable bonds is 4. The Labute approximate surface area is 181 Å². The molecule has 0 radical (unpaired) electrons. The fraction of sp³-hybridized carbons (Fsp3) is 0.375. The molecule has 0 aliphatic carbocycles. The monoisotopic (exact) mass is 418 g/mol. The average molecular weight is 418 g/mol. The van der Waals surface area contributed by atoms with Gasteiger partial charge in [0.2, 0.25) is 0 Å². The second-order valence-electron chi connectivity index (χ2n) is 8.25. The van der Waals surface area contributed by atoms with Crippen molar-refractivity contribution in [3.8, 4) is 11.5 Å². The Morgan fingerprint density at radius 1 is 0.968 bits per heavy atom. The van der Waals surface area contributed by atoms with Crippen LogP contribution in [0.4, 0.5) is 5.69 Å². The number of ether oxygens (including phenoxy) is 2. The van der Waals surface area contributed by atoms with Gasteiger partial charge in [0.25, 0.3) is 5.91 Å². The van der Waals surface area contributed by atoms with Crippen LogP contribution >= 0.6 is 0 Å². The first-order valence-corrected chi connectivity index (χ1v) is 10.6. The number of piperidine rings is 1. The maximum Gasteiger partial charge on any atom is 0.257 e. The molecule has 0 N–H and O–H groups in total. The number of likely N-dealkylation sites (tertiary alicyclic amines) is 1. The number of benzene rings is 2. The Morgan fingerprint density at radius 3 is 2.55 bits per heavy atom. The van der Waals surface area contributed by atoms with E-state index in [1.807, 2.05) is 17.0 Å². The van der Waals surface area contributed by atoms with Gasteiger partial charge in [0.15, 0.2) is 0 Å². The third kappa shape index (κ3) is 3.34. The molecule has 3 aromatic rings. The predicted molar refractivity (Wildman–Crippen MR) is 119 cm³/mol. The van der Waals surface area contributed by atoms with Crippen molar-refractivity contribution in [1.29, 1.82) is 0 Å². The average Bonchev–Trinajstić information content (AvgIpc) is 2.82. The molecular weight excluding hydrogens is 392 g/mol. The van der Waals surface area contributed by atoms with Gasteiger partial charge in [0.1, 0.15) is 11.5 Å². The molecule has 160 valence electrons. The lowest BCUT2D eigenvalue weighted by molar-refractivity contribution is 0.0560.